The molecule has 1 N–H and O–H groups in total. The van der Waals surface area contributed by atoms with Gasteiger partial charge in [-0.3, -0.25) is 4.79 Å². The quantitative estimate of drug-likeness (QED) is 0.587. The maximum absolute atomic E-state index is 12.8. The molecule has 0 spiro atoms. The Balaban J connectivity index is 1.28. The number of anilines is 1. The highest BCUT2D eigenvalue weighted by molar-refractivity contribution is 5.79. The molecule has 32 heavy (non-hydrogen) atoms. The van der Waals surface area contributed by atoms with Crippen molar-refractivity contribution in [3.05, 3.63) is 78.1 Å². The van der Waals surface area contributed by atoms with E-state index in [0.717, 1.165) is 55.8 Å². The maximum atomic E-state index is 12.8. The van der Waals surface area contributed by atoms with Crippen LogP contribution >= 0.6 is 0 Å². The SMILES string of the molecule is Cc1cccc(-c2cc(N3CCC(C(=O)N[C@H](C)CCc4ccccc4)CC3)ncn2)c1. The number of nitrogens with one attached hydrogen (secondary N) is 1. The second kappa shape index (κ2) is 10.4. The predicted octanol–water partition coefficient (Wildman–Crippen LogP) is 4.81. The fourth-order valence-electron chi connectivity index (χ4n) is 4.31. The molecular formula is C27H32N4O. The molecule has 4 rings (SSSR count). The molecule has 0 unspecified atom stereocenters. The zero-order valence-corrected chi connectivity index (χ0v) is 19.0. The van der Waals surface area contributed by atoms with Gasteiger partial charge in [0.05, 0.1) is 5.69 Å². The fraction of sp³-hybridized carbons (Fsp3) is 0.370. The fourth-order valence-corrected chi connectivity index (χ4v) is 4.31. The predicted molar refractivity (Wildman–Crippen MR) is 130 cm³/mol. The van der Waals surface area contributed by atoms with Gasteiger partial charge in [-0.05, 0) is 51.2 Å². The normalized spacial score (nSPS) is 15.4. The minimum Gasteiger partial charge on any atom is -0.356 e. The molecule has 1 saturated heterocycles. The summed E-state index contributed by atoms with van der Waals surface area (Å²) in [5.41, 5.74) is 4.57. The van der Waals surface area contributed by atoms with Crippen molar-refractivity contribution in [3.63, 3.8) is 0 Å². The van der Waals surface area contributed by atoms with Crippen molar-refractivity contribution in [1.29, 1.82) is 0 Å². The number of hydrogen-bond donors (Lipinski definition) is 1. The molecule has 5 heteroatoms. The van der Waals surface area contributed by atoms with Crippen LogP contribution in [0.2, 0.25) is 0 Å². The van der Waals surface area contributed by atoms with Crippen LogP contribution in [0.1, 0.15) is 37.3 Å². The van der Waals surface area contributed by atoms with Crippen molar-refractivity contribution in [2.75, 3.05) is 18.0 Å². The van der Waals surface area contributed by atoms with Crippen molar-refractivity contribution in [2.24, 2.45) is 5.92 Å². The largest absolute Gasteiger partial charge is 0.356 e. The summed E-state index contributed by atoms with van der Waals surface area (Å²) in [4.78, 5) is 24.0. The number of hydrogen-bond acceptors (Lipinski definition) is 4. The highest BCUT2D eigenvalue weighted by Crippen LogP contribution is 2.25. The lowest BCUT2D eigenvalue weighted by Crippen LogP contribution is -2.43. The first kappa shape index (κ1) is 22.0. The number of aryl methyl sites for hydroxylation is 2. The van der Waals surface area contributed by atoms with Crippen LogP contribution in [0.3, 0.4) is 0 Å². The van der Waals surface area contributed by atoms with E-state index in [0.29, 0.717) is 0 Å². The number of rotatable bonds is 7. The van der Waals surface area contributed by atoms with Crippen molar-refractivity contribution >= 4 is 11.7 Å². The van der Waals surface area contributed by atoms with E-state index in [9.17, 15) is 4.79 Å². The first-order valence-electron chi connectivity index (χ1n) is 11.6. The van der Waals surface area contributed by atoms with Gasteiger partial charge in [0.15, 0.2) is 0 Å². The zero-order valence-electron chi connectivity index (χ0n) is 19.0. The summed E-state index contributed by atoms with van der Waals surface area (Å²) in [6, 6.07) is 21.0. The molecule has 1 fully saturated rings. The minimum absolute atomic E-state index is 0.0727. The number of benzene rings is 2. The van der Waals surface area contributed by atoms with Gasteiger partial charge in [-0.25, -0.2) is 9.97 Å². The molecule has 1 aromatic heterocycles. The zero-order chi connectivity index (χ0) is 22.3. The van der Waals surface area contributed by atoms with Crippen molar-refractivity contribution in [3.8, 4) is 11.3 Å². The van der Waals surface area contributed by atoms with Gasteiger partial charge in [-0.2, -0.15) is 0 Å². The molecule has 2 heterocycles. The molecule has 166 valence electrons. The monoisotopic (exact) mass is 428 g/mol. The summed E-state index contributed by atoms with van der Waals surface area (Å²) < 4.78 is 0. The molecule has 0 radical (unpaired) electrons. The van der Waals surface area contributed by atoms with Crippen LogP contribution in [0.15, 0.2) is 67.0 Å². The van der Waals surface area contributed by atoms with E-state index in [-0.39, 0.29) is 17.9 Å². The number of piperidine rings is 1. The van der Waals surface area contributed by atoms with Gasteiger partial charge in [-0.15, -0.1) is 0 Å². The average Bonchev–Trinajstić information content (AvgIpc) is 2.83. The third-order valence-electron chi connectivity index (χ3n) is 6.25. The molecule has 1 aliphatic heterocycles. The summed E-state index contributed by atoms with van der Waals surface area (Å²) in [5, 5.41) is 3.23. The van der Waals surface area contributed by atoms with Gasteiger partial charge >= 0.3 is 0 Å². The van der Waals surface area contributed by atoms with Crippen molar-refractivity contribution < 1.29 is 4.79 Å². The molecule has 1 aliphatic rings. The second-order valence-electron chi connectivity index (χ2n) is 8.83. The third kappa shape index (κ3) is 5.72. The minimum atomic E-state index is 0.0727. The Bertz CT molecular complexity index is 1030. The van der Waals surface area contributed by atoms with E-state index in [4.69, 9.17) is 0 Å². The number of aromatic nitrogens is 2. The molecule has 0 saturated carbocycles. The molecule has 1 amide bonds. The molecule has 0 aliphatic carbocycles. The molecule has 3 aromatic rings. The van der Waals surface area contributed by atoms with E-state index in [1.165, 1.54) is 11.1 Å². The Labute approximate surface area is 190 Å². The highest BCUT2D eigenvalue weighted by Gasteiger charge is 2.26. The van der Waals surface area contributed by atoms with Crippen LogP contribution in [-0.4, -0.2) is 35.0 Å². The Morgan fingerprint density at radius 3 is 2.59 bits per heavy atom. The number of nitrogens with zero attached hydrogens (tertiary/aromatic N) is 3. The topological polar surface area (TPSA) is 58.1 Å². The molecule has 2 aromatic carbocycles. The Morgan fingerprint density at radius 1 is 1.06 bits per heavy atom. The van der Waals surface area contributed by atoms with Gasteiger partial charge in [0.25, 0.3) is 0 Å². The van der Waals surface area contributed by atoms with Crippen LogP contribution in [0.25, 0.3) is 11.3 Å². The lowest BCUT2D eigenvalue weighted by molar-refractivity contribution is -0.126. The summed E-state index contributed by atoms with van der Waals surface area (Å²) in [6.07, 6.45) is 5.28. The molecular weight excluding hydrogens is 396 g/mol. The van der Waals surface area contributed by atoms with Gasteiger partial charge in [0.2, 0.25) is 5.91 Å². The van der Waals surface area contributed by atoms with E-state index in [1.807, 2.05) is 6.07 Å². The van der Waals surface area contributed by atoms with E-state index < -0.39 is 0 Å². The lowest BCUT2D eigenvalue weighted by Gasteiger charge is -2.32. The second-order valence-corrected chi connectivity index (χ2v) is 8.83. The summed E-state index contributed by atoms with van der Waals surface area (Å²) in [6.45, 7) is 5.86. The van der Waals surface area contributed by atoms with E-state index >= 15 is 0 Å². The third-order valence-corrected chi connectivity index (χ3v) is 6.25. The van der Waals surface area contributed by atoms with Crippen molar-refractivity contribution in [1.82, 2.24) is 15.3 Å². The van der Waals surface area contributed by atoms with E-state index in [1.54, 1.807) is 6.33 Å². The van der Waals surface area contributed by atoms with Crippen LogP contribution in [0, 0.1) is 12.8 Å². The van der Waals surface area contributed by atoms with Gasteiger partial charge in [0, 0.05) is 36.7 Å². The lowest BCUT2D eigenvalue weighted by atomic mass is 9.95. The Hall–Kier alpha value is -3.21. The summed E-state index contributed by atoms with van der Waals surface area (Å²) >= 11 is 0. The van der Waals surface area contributed by atoms with Gasteiger partial charge in [-0.1, -0.05) is 54.1 Å². The summed E-state index contributed by atoms with van der Waals surface area (Å²) in [5.74, 6) is 1.20. The van der Waals surface area contributed by atoms with Crippen LogP contribution in [0.5, 0.6) is 0 Å². The first-order chi connectivity index (χ1) is 15.6. The average molecular weight is 429 g/mol. The van der Waals surface area contributed by atoms with Crippen LogP contribution in [-0.2, 0) is 11.2 Å². The molecule has 1 atom stereocenters. The number of carbonyl (C=O) groups is 1. The van der Waals surface area contributed by atoms with Gasteiger partial charge in [0.1, 0.15) is 12.1 Å². The van der Waals surface area contributed by atoms with Gasteiger partial charge < -0.3 is 10.2 Å². The summed E-state index contributed by atoms with van der Waals surface area (Å²) in [7, 11) is 0. The molecule has 0 bridgehead atoms. The Morgan fingerprint density at radius 2 is 1.84 bits per heavy atom. The smallest absolute Gasteiger partial charge is 0.223 e. The van der Waals surface area contributed by atoms with Crippen LogP contribution in [0.4, 0.5) is 5.82 Å². The maximum Gasteiger partial charge on any atom is 0.223 e. The Kier molecular flexibility index (Phi) is 7.15. The highest BCUT2D eigenvalue weighted by atomic mass is 16.1. The molecule has 5 nitrogen and oxygen atoms in total. The van der Waals surface area contributed by atoms with Crippen LogP contribution < -0.4 is 10.2 Å². The van der Waals surface area contributed by atoms with Crippen molar-refractivity contribution in [2.45, 2.75) is 45.6 Å². The first-order valence-corrected chi connectivity index (χ1v) is 11.6. The van der Waals surface area contributed by atoms with E-state index in [2.05, 4.69) is 88.6 Å². The number of amides is 1. The number of carbonyl (C=O) groups excluding carboxylic acids is 1. The standard InChI is InChI=1S/C27H32N4O/c1-20-7-6-10-24(17-20)25-18-26(29-19-28-25)31-15-13-23(14-16-31)27(32)30-21(2)11-12-22-8-4-3-5-9-22/h3-10,17-19,21,23H,11-16H2,1-2H3,(H,30,32)/t21-/m1/s1.